The Morgan fingerprint density at radius 1 is 1.27 bits per heavy atom. The molecule has 0 N–H and O–H groups in total. The Labute approximate surface area is 138 Å². The molecule has 1 aromatic rings. The molecule has 0 saturated carbocycles. The fourth-order valence-electron chi connectivity index (χ4n) is 4.74. The first-order valence-corrected chi connectivity index (χ1v) is 8.85. The summed E-state index contributed by atoms with van der Waals surface area (Å²) in [5.74, 6) is 0.739. The van der Waals surface area contributed by atoms with Crippen molar-refractivity contribution in [3.05, 3.63) is 35.4 Å². The van der Waals surface area contributed by atoms with Crippen LogP contribution in [0.1, 0.15) is 36.4 Å². The number of hydrogen-bond acceptors (Lipinski definition) is 3. The Bertz CT molecular complexity index is 576. The molecule has 118 valence electrons. The Kier molecular flexibility index (Phi) is 3.82. The van der Waals surface area contributed by atoms with Crippen molar-refractivity contribution in [2.45, 2.75) is 37.8 Å². The summed E-state index contributed by atoms with van der Waals surface area (Å²) in [5, 5.41) is 0.687. The largest absolute Gasteiger partial charge is 0.474 e. The van der Waals surface area contributed by atoms with Crippen molar-refractivity contribution >= 4 is 17.4 Å². The summed E-state index contributed by atoms with van der Waals surface area (Å²) in [5.41, 5.74) is 3.08. The van der Waals surface area contributed by atoms with Gasteiger partial charge in [-0.1, -0.05) is 24.3 Å². The Balaban J connectivity index is 1.63. The molecule has 1 aromatic carbocycles. The SMILES string of the molecule is COC(=S)N1CCCC2CN3CCc4ccccc4C3CC21. The van der Waals surface area contributed by atoms with Crippen LogP contribution in [0.2, 0.25) is 0 Å². The highest BCUT2D eigenvalue weighted by Crippen LogP contribution is 2.42. The van der Waals surface area contributed by atoms with E-state index < -0.39 is 0 Å². The summed E-state index contributed by atoms with van der Waals surface area (Å²) in [7, 11) is 1.71. The molecule has 0 aliphatic carbocycles. The van der Waals surface area contributed by atoms with Crippen LogP contribution < -0.4 is 0 Å². The minimum Gasteiger partial charge on any atom is -0.474 e. The molecular weight excluding hydrogens is 292 g/mol. The zero-order valence-electron chi connectivity index (χ0n) is 13.2. The molecule has 0 radical (unpaired) electrons. The van der Waals surface area contributed by atoms with Gasteiger partial charge in [-0.05, 0) is 54.9 Å². The van der Waals surface area contributed by atoms with Gasteiger partial charge in [0, 0.05) is 31.7 Å². The number of piperidine rings is 2. The van der Waals surface area contributed by atoms with Gasteiger partial charge in [0.25, 0.3) is 5.17 Å². The van der Waals surface area contributed by atoms with Gasteiger partial charge in [-0.15, -0.1) is 0 Å². The first kappa shape index (κ1) is 14.5. The highest BCUT2D eigenvalue weighted by Gasteiger charge is 2.43. The van der Waals surface area contributed by atoms with Gasteiger partial charge in [0.05, 0.1) is 7.11 Å². The second kappa shape index (κ2) is 5.82. The van der Waals surface area contributed by atoms with Crippen molar-refractivity contribution in [1.82, 2.24) is 9.80 Å². The van der Waals surface area contributed by atoms with Crippen LogP contribution in [0, 0.1) is 5.92 Å². The van der Waals surface area contributed by atoms with Crippen molar-refractivity contribution in [2.75, 3.05) is 26.7 Å². The minimum absolute atomic E-state index is 0.550. The third-order valence-corrected chi connectivity index (χ3v) is 6.19. The maximum atomic E-state index is 5.46. The van der Waals surface area contributed by atoms with E-state index >= 15 is 0 Å². The third-order valence-electron chi connectivity index (χ3n) is 5.78. The molecule has 2 saturated heterocycles. The number of rotatable bonds is 0. The highest BCUT2D eigenvalue weighted by atomic mass is 32.1. The maximum absolute atomic E-state index is 5.46. The molecule has 0 aromatic heterocycles. The van der Waals surface area contributed by atoms with E-state index in [1.807, 2.05) is 0 Å². The number of hydrogen-bond donors (Lipinski definition) is 0. The number of nitrogens with zero attached hydrogens (tertiary/aromatic N) is 2. The van der Waals surface area contributed by atoms with Gasteiger partial charge in [-0.2, -0.15) is 0 Å². The van der Waals surface area contributed by atoms with Gasteiger partial charge < -0.3 is 9.64 Å². The average molecular weight is 316 g/mol. The van der Waals surface area contributed by atoms with Crippen molar-refractivity contribution in [3.63, 3.8) is 0 Å². The van der Waals surface area contributed by atoms with Crippen LogP contribution in [0.25, 0.3) is 0 Å². The van der Waals surface area contributed by atoms with Crippen LogP contribution >= 0.6 is 12.2 Å². The van der Waals surface area contributed by atoms with Gasteiger partial charge >= 0.3 is 0 Å². The average Bonchev–Trinajstić information content (AvgIpc) is 2.58. The summed E-state index contributed by atoms with van der Waals surface area (Å²) in [6.07, 6.45) is 4.95. The van der Waals surface area contributed by atoms with Crippen molar-refractivity contribution in [3.8, 4) is 0 Å². The van der Waals surface area contributed by atoms with Gasteiger partial charge in [0.2, 0.25) is 0 Å². The minimum atomic E-state index is 0.550. The van der Waals surface area contributed by atoms with E-state index in [-0.39, 0.29) is 0 Å². The number of benzene rings is 1. The van der Waals surface area contributed by atoms with Crippen LogP contribution in [-0.2, 0) is 11.2 Å². The van der Waals surface area contributed by atoms with E-state index in [0.29, 0.717) is 17.3 Å². The third kappa shape index (κ3) is 2.33. The second-order valence-corrected chi connectivity index (χ2v) is 7.18. The summed E-state index contributed by atoms with van der Waals surface area (Å²) in [4.78, 5) is 5.07. The molecule has 0 amide bonds. The maximum Gasteiger partial charge on any atom is 0.259 e. The van der Waals surface area contributed by atoms with E-state index in [9.17, 15) is 0 Å². The molecule has 3 aliphatic heterocycles. The summed E-state index contributed by atoms with van der Waals surface area (Å²) in [6.45, 7) is 3.48. The number of fused-ring (bicyclic) bond motifs is 4. The standard InChI is InChI=1S/C18H24N2OS/c1-21-18(22)20-9-4-6-14-12-19-10-8-13-5-2-3-7-15(13)17(19)11-16(14)20/h2-3,5,7,14,16-17H,4,6,8-12H2,1H3. The number of thiocarbonyl (C=S) groups is 1. The van der Waals surface area contributed by atoms with E-state index in [1.54, 1.807) is 18.2 Å². The molecule has 3 heterocycles. The van der Waals surface area contributed by atoms with Crippen molar-refractivity contribution < 1.29 is 4.74 Å². The van der Waals surface area contributed by atoms with Gasteiger partial charge in [-0.25, -0.2) is 0 Å². The molecule has 3 aliphatic rings. The van der Waals surface area contributed by atoms with E-state index in [0.717, 1.165) is 12.5 Å². The topological polar surface area (TPSA) is 15.7 Å². The van der Waals surface area contributed by atoms with Crippen molar-refractivity contribution in [1.29, 1.82) is 0 Å². The Morgan fingerprint density at radius 2 is 2.14 bits per heavy atom. The smallest absolute Gasteiger partial charge is 0.259 e. The number of likely N-dealkylation sites (tertiary alicyclic amines) is 1. The number of methoxy groups -OCH3 is 1. The van der Waals surface area contributed by atoms with E-state index in [4.69, 9.17) is 17.0 Å². The normalized spacial score (nSPS) is 31.0. The molecule has 0 spiro atoms. The summed E-state index contributed by atoms with van der Waals surface area (Å²) in [6, 6.07) is 10.1. The zero-order chi connectivity index (χ0) is 15.1. The summed E-state index contributed by atoms with van der Waals surface area (Å²) < 4.78 is 5.39. The predicted molar refractivity (Wildman–Crippen MR) is 91.9 cm³/mol. The molecule has 4 heteroatoms. The molecule has 2 fully saturated rings. The van der Waals surface area contributed by atoms with Crippen LogP contribution in [0.5, 0.6) is 0 Å². The second-order valence-electron chi connectivity index (χ2n) is 6.83. The first-order valence-electron chi connectivity index (χ1n) is 8.44. The van der Waals surface area contributed by atoms with Crippen molar-refractivity contribution in [2.24, 2.45) is 5.92 Å². The number of ether oxygens (including phenoxy) is 1. The molecule has 0 bridgehead atoms. The van der Waals surface area contributed by atoms with Crippen LogP contribution in [0.3, 0.4) is 0 Å². The molecule has 3 nitrogen and oxygen atoms in total. The highest BCUT2D eigenvalue weighted by molar-refractivity contribution is 7.80. The van der Waals surface area contributed by atoms with Gasteiger partial charge in [0.1, 0.15) is 0 Å². The quantitative estimate of drug-likeness (QED) is 0.684. The van der Waals surface area contributed by atoms with E-state index in [2.05, 4.69) is 34.1 Å². The van der Waals surface area contributed by atoms with Crippen LogP contribution in [-0.4, -0.2) is 47.8 Å². The lowest BCUT2D eigenvalue weighted by molar-refractivity contribution is 0.0104. The lowest BCUT2D eigenvalue weighted by Crippen LogP contribution is -2.57. The lowest BCUT2D eigenvalue weighted by Gasteiger charge is -2.52. The molecule has 3 unspecified atom stereocenters. The van der Waals surface area contributed by atoms with Crippen LogP contribution in [0.15, 0.2) is 24.3 Å². The molecular formula is C18H24N2OS. The van der Waals surface area contributed by atoms with Gasteiger partial charge in [0.15, 0.2) is 0 Å². The Hall–Kier alpha value is -1.13. The lowest BCUT2D eigenvalue weighted by atomic mass is 9.77. The van der Waals surface area contributed by atoms with Gasteiger partial charge in [-0.3, -0.25) is 4.90 Å². The molecule has 3 atom stereocenters. The monoisotopic (exact) mass is 316 g/mol. The first-order chi connectivity index (χ1) is 10.8. The summed E-state index contributed by atoms with van der Waals surface area (Å²) >= 11 is 5.46. The molecule has 22 heavy (non-hydrogen) atoms. The van der Waals surface area contributed by atoms with E-state index in [1.165, 1.54) is 38.8 Å². The molecule has 4 rings (SSSR count). The fraction of sp³-hybridized carbons (Fsp3) is 0.611. The fourth-order valence-corrected chi connectivity index (χ4v) is 4.97. The Morgan fingerprint density at radius 3 is 3.00 bits per heavy atom. The zero-order valence-corrected chi connectivity index (χ0v) is 14.0. The van der Waals surface area contributed by atoms with Crippen LogP contribution in [0.4, 0.5) is 0 Å². The predicted octanol–water partition coefficient (Wildman–Crippen LogP) is 3.00.